The summed E-state index contributed by atoms with van der Waals surface area (Å²) in [5, 5.41) is 13.9. The number of hydrogen-bond acceptors (Lipinski definition) is 5. The van der Waals surface area contributed by atoms with Gasteiger partial charge in [-0.3, -0.25) is 19.7 Å². The summed E-state index contributed by atoms with van der Waals surface area (Å²) < 4.78 is 0. The first kappa shape index (κ1) is 27.9. The second-order valence-electron chi connectivity index (χ2n) is 9.30. The summed E-state index contributed by atoms with van der Waals surface area (Å²) >= 11 is 1.43. The molecule has 1 N–H and O–H groups in total. The predicted octanol–water partition coefficient (Wildman–Crippen LogP) is 5.30. The number of nitrogens with one attached hydrogen (secondary N) is 1. The highest BCUT2D eigenvalue weighted by Crippen LogP contribution is 2.20. The lowest BCUT2D eigenvalue weighted by Crippen LogP contribution is -2.52. The van der Waals surface area contributed by atoms with Crippen LogP contribution in [-0.4, -0.2) is 39.5 Å². The van der Waals surface area contributed by atoms with Crippen LogP contribution in [0.15, 0.2) is 78.9 Å². The Labute approximate surface area is 222 Å². The Morgan fingerprint density at radius 3 is 2.24 bits per heavy atom. The standard InChI is InChI=1S/C29H33N3O4S/c1-21(2)30-29(34)27(17-23-9-5-4-6-10-23)31(18-25-11-7-8-22(3)16-25)28(33)20-37-19-24-12-14-26(15-13-24)32(35)36/h4-16,21,27H,17-20H2,1-3H3,(H,30,34)/t27-/m0/s1. The lowest BCUT2D eigenvalue weighted by molar-refractivity contribution is -0.384. The number of hydrogen-bond donors (Lipinski definition) is 1. The van der Waals surface area contributed by atoms with E-state index in [4.69, 9.17) is 0 Å². The highest BCUT2D eigenvalue weighted by Gasteiger charge is 2.30. The Hall–Kier alpha value is -3.65. The minimum atomic E-state index is -0.669. The molecule has 0 saturated heterocycles. The molecule has 8 heteroatoms. The third kappa shape index (κ3) is 8.75. The number of nitro groups is 1. The van der Waals surface area contributed by atoms with E-state index in [0.29, 0.717) is 18.7 Å². The molecule has 0 radical (unpaired) electrons. The fourth-order valence-corrected chi connectivity index (χ4v) is 4.87. The number of amides is 2. The molecule has 0 aromatic heterocycles. The monoisotopic (exact) mass is 519 g/mol. The van der Waals surface area contributed by atoms with Gasteiger partial charge in [0.1, 0.15) is 6.04 Å². The first-order chi connectivity index (χ1) is 17.7. The summed E-state index contributed by atoms with van der Waals surface area (Å²) in [4.78, 5) is 39.1. The molecule has 2 amide bonds. The predicted molar refractivity (Wildman–Crippen MR) is 148 cm³/mol. The van der Waals surface area contributed by atoms with Crippen LogP contribution in [0, 0.1) is 17.0 Å². The number of nitrogens with zero attached hydrogens (tertiary/aromatic N) is 2. The molecule has 0 aliphatic carbocycles. The number of nitro benzene ring substituents is 1. The minimum absolute atomic E-state index is 0.0362. The molecule has 37 heavy (non-hydrogen) atoms. The summed E-state index contributed by atoms with van der Waals surface area (Å²) in [6, 6.07) is 23.3. The van der Waals surface area contributed by atoms with Crippen molar-refractivity contribution in [1.29, 1.82) is 0 Å². The van der Waals surface area contributed by atoms with Crippen molar-refractivity contribution >= 4 is 29.3 Å². The van der Waals surface area contributed by atoms with Gasteiger partial charge >= 0.3 is 0 Å². The Morgan fingerprint density at radius 2 is 1.62 bits per heavy atom. The van der Waals surface area contributed by atoms with Gasteiger partial charge in [-0.25, -0.2) is 0 Å². The van der Waals surface area contributed by atoms with Crippen LogP contribution in [0.5, 0.6) is 0 Å². The van der Waals surface area contributed by atoms with Gasteiger partial charge in [-0.05, 0) is 37.5 Å². The van der Waals surface area contributed by atoms with E-state index in [1.807, 2.05) is 75.4 Å². The van der Waals surface area contributed by atoms with Gasteiger partial charge in [-0.15, -0.1) is 11.8 Å². The molecule has 3 rings (SSSR count). The zero-order valence-electron chi connectivity index (χ0n) is 21.4. The van der Waals surface area contributed by atoms with Gasteiger partial charge in [0.2, 0.25) is 11.8 Å². The number of carbonyl (C=O) groups is 2. The highest BCUT2D eigenvalue weighted by atomic mass is 32.2. The number of non-ortho nitro benzene ring substituents is 1. The summed E-state index contributed by atoms with van der Waals surface area (Å²) in [6.07, 6.45) is 0.407. The van der Waals surface area contributed by atoms with Crippen molar-refractivity contribution in [2.24, 2.45) is 0 Å². The number of aryl methyl sites for hydroxylation is 1. The number of thioether (sulfide) groups is 1. The van der Waals surface area contributed by atoms with E-state index in [2.05, 4.69) is 5.32 Å². The van der Waals surface area contributed by atoms with Gasteiger partial charge in [0.05, 0.1) is 10.7 Å². The van der Waals surface area contributed by atoms with Crippen molar-refractivity contribution in [3.05, 3.63) is 111 Å². The van der Waals surface area contributed by atoms with E-state index in [-0.39, 0.29) is 29.3 Å². The van der Waals surface area contributed by atoms with Crippen LogP contribution in [0.2, 0.25) is 0 Å². The van der Waals surface area contributed by atoms with E-state index in [0.717, 1.165) is 22.3 Å². The van der Waals surface area contributed by atoms with Crippen LogP contribution in [-0.2, 0) is 28.3 Å². The van der Waals surface area contributed by atoms with E-state index < -0.39 is 11.0 Å². The van der Waals surface area contributed by atoms with E-state index in [9.17, 15) is 19.7 Å². The fourth-order valence-electron chi connectivity index (χ4n) is 3.99. The van der Waals surface area contributed by atoms with Crippen LogP contribution < -0.4 is 5.32 Å². The van der Waals surface area contributed by atoms with Crippen molar-refractivity contribution < 1.29 is 14.5 Å². The van der Waals surface area contributed by atoms with Gasteiger partial charge in [-0.1, -0.05) is 72.3 Å². The van der Waals surface area contributed by atoms with Gasteiger partial charge in [0.25, 0.3) is 5.69 Å². The van der Waals surface area contributed by atoms with Crippen LogP contribution in [0.3, 0.4) is 0 Å². The molecule has 194 valence electrons. The average molecular weight is 520 g/mol. The SMILES string of the molecule is Cc1cccc(CN(C(=O)CSCc2ccc([N+](=O)[O-])cc2)[C@@H](Cc2ccccc2)C(=O)NC(C)C)c1. The normalized spacial score (nSPS) is 11.7. The third-order valence-electron chi connectivity index (χ3n) is 5.78. The molecule has 0 bridgehead atoms. The molecule has 1 atom stereocenters. The first-order valence-electron chi connectivity index (χ1n) is 12.2. The third-order valence-corrected chi connectivity index (χ3v) is 6.77. The van der Waals surface area contributed by atoms with Gasteiger partial charge in [-0.2, -0.15) is 0 Å². The van der Waals surface area contributed by atoms with Crippen molar-refractivity contribution in [1.82, 2.24) is 10.2 Å². The lowest BCUT2D eigenvalue weighted by Gasteiger charge is -2.32. The molecule has 7 nitrogen and oxygen atoms in total. The first-order valence-corrected chi connectivity index (χ1v) is 13.4. The fraction of sp³-hybridized carbons (Fsp3) is 0.310. The summed E-state index contributed by atoms with van der Waals surface area (Å²) in [7, 11) is 0. The highest BCUT2D eigenvalue weighted by molar-refractivity contribution is 7.99. The zero-order valence-corrected chi connectivity index (χ0v) is 22.2. The Morgan fingerprint density at radius 1 is 0.946 bits per heavy atom. The maximum atomic E-state index is 13.6. The van der Waals surface area contributed by atoms with E-state index in [1.54, 1.807) is 17.0 Å². The van der Waals surface area contributed by atoms with Crippen LogP contribution in [0.1, 0.15) is 36.1 Å². The lowest BCUT2D eigenvalue weighted by atomic mass is 10.0. The summed E-state index contributed by atoms with van der Waals surface area (Å²) in [5.41, 5.74) is 3.96. The van der Waals surface area contributed by atoms with Crippen LogP contribution >= 0.6 is 11.8 Å². The largest absolute Gasteiger partial charge is 0.352 e. The average Bonchev–Trinajstić information content (AvgIpc) is 2.86. The maximum absolute atomic E-state index is 13.6. The molecule has 0 spiro atoms. The van der Waals surface area contributed by atoms with E-state index >= 15 is 0 Å². The molecule has 3 aromatic rings. The molecule has 0 aliphatic heterocycles. The Kier molecular flexibility index (Phi) is 10.3. The molecular formula is C29H33N3O4S. The molecular weight excluding hydrogens is 486 g/mol. The summed E-state index contributed by atoms with van der Waals surface area (Å²) in [5.74, 6) is 0.403. The van der Waals surface area contributed by atoms with Gasteiger partial charge < -0.3 is 10.2 Å². The molecule has 0 fully saturated rings. The number of rotatable bonds is 12. The molecule has 3 aromatic carbocycles. The Bertz CT molecular complexity index is 1200. The second kappa shape index (κ2) is 13.6. The topological polar surface area (TPSA) is 92.6 Å². The quantitative estimate of drug-likeness (QED) is 0.259. The van der Waals surface area contributed by atoms with Crippen molar-refractivity contribution in [3.8, 4) is 0 Å². The molecule has 0 unspecified atom stereocenters. The van der Waals surface area contributed by atoms with E-state index in [1.165, 1.54) is 23.9 Å². The van der Waals surface area contributed by atoms with Crippen molar-refractivity contribution in [3.63, 3.8) is 0 Å². The second-order valence-corrected chi connectivity index (χ2v) is 10.3. The van der Waals surface area contributed by atoms with Crippen molar-refractivity contribution in [2.45, 2.75) is 51.6 Å². The van der Waals surface area contributed by atoms with Gasteiger partial charge in [0, 0.05) is 36.9 Å². The maximum Gasteiger partial charge on any atom is 0.269 e. The Balaban J connectivity index is 1.82. The zero-order chi connectivity index (χ0) is 26.8. The smallest absolute Gasteiger partial charge is 0.269 e. The minimum Gasteiger partial charge on any atom is -0.352 e. The number of carbonyl (C=O) groups excluding carboxylic acids is 2. The molecule has 0 saturated carbocycles. The van der Waals surface area contributed by atoms with Gasteiger partial charge in [0.15, 0.2) is 0 Å². The number of benzene rings is 3. The van der Waals surface area contributed by atoms with Crippen LogP contribution in [0.4, 0.5) is 5.69 Å². The van der Waals surface area contributed by atoms with Crippen LogP contribution in [0.25, 0.3) is 0 Å². The summed E-state index contributed by atoms with van der Waals surface area (Å²) in [6.45, 7) is 6.14. The molecule has 0 heterocycles. The molecule has 0 aliphatic rings. The van der Waals surface area contributed by atoms with Crippen molar-refractivity contribution in [2.75, 3.05) is 5.75 Å².